The maximum Gasteiger partial charge on any atom is 0.246 e. The molecule has 1 saturated carbocycles. The molecule has 278 valence electrons. The molecule has 2 fully saturated rings. The van der Waals surface area contributed by atoms with Crippen molar-refractivity contribution in [3.63, 3.8) is 0 Å². The quantitative estimate of drug-likeness (QED) is 0.181. The zero-order valence-electron chi connectivity index (χ0n) is 30.7. The van der Waals surface area contributed by atoms with Crippen molar-refractivity contribution < 1.29 is 23.2 Å². The summed E-state index contributed by atoms with van der Waals surface area (Å²) in [7, 11) is 3.68. The lowest BCUT2D eigenvalue weighted by atomic mass is 9.75. The molecule has 1 aliphatic carbocycles. The number of hydrogen-bond donors (Lipinski definition) is 2. The number of rotatable bonds is 16. The van der Waals surface area contributed by atoms with Crippen molar-refractivity contribution in [2.45, 2.75) is 88.4 Å². The standard InChI is InChI=1S/C42H53F2N5O3/c1-4-49(37(29-31-17-20-35(43)36(44)27-31)40(51)46-25-21-34-13-9-26-47(34)2)41(52)38(48(3)39(50)14-8-22-42(45)23-10-24-42)28-30-15-18-33(19-16-30)32-11-6-5-7-12-32/h5-8,11-12,14-20,27,34,37-38H,4,9-10,13,21-26,28-29,45H2,1-3H3,(H,46,51)/b14-8+/t34?,37-,38-/m1/s1. The van der Waals surface area contributed by atoms with E-state index in [0.717, 1.165) is 73.9 Å². The van der Waals surface area contributed by atoms with Crippen LogP contribution < -0.4 is 11.1 Å². The van der Waals surface area contributed by atoms with Gasteiger partial charge in [0.15, 0.2) is 11.6 Å². The van der Waals surface area contributed by atoms with Crippen LogP contribution in [0.25, 0.3) is 11.1 Å². The van der Waals surface area contributed by atoms with Crippen LogP contribution >= 0.6 is 0 Å². The molecule has 52 heavy (non-hydrogen) atoms. The second-order valence-electron chi connectivity index (χ2n) is 14.5. The van der Waals surface area contributed by atoms with Crippen molar-refractivity contribution in [1.82, 2.24) is 20.0 Å². The molecule has 3 aromatic carbocycles. The molecular formula is C42H53F2N5O3. The smallest absolute Gasteiger partial charge is 0.246 e. The summed E-state index contributed by atoms with van der Waals surface area (Å²) >= 11 is 0. The Morgan fingerprint density at radius 3 is 2.23 bits per heavy atom. The van der Waals surface area contributed by atoms with Gasteiger partial charge in [0.25, 0.3) is 0 Å². The van der Waals surface area contributed by atoms with Crippen molar-refractivity contribution >= 4 is 17.7 Å². The van der Waals surface area contributed by atoms with Crippen LogP contribution in [0.5, 0.6) is 0 Å². The molecule has 0 spiro atoms. The second-order valence-corrected chi connectivity index (χ2v) is 14.5. The SMILES string of the molecule is CCN(C(=O)[C@@H](Cc1ccc(-c2ccccc2)cc1)N(C)C(=O)/C=C/CC1(N)CCC1)[C@H](Cc1ccc(F)c(F)c1)C(=O)NCCC1CCCN1C. The number of nitrogens with zero attached hydrogens (tertiary/aromatic N) is 3. The van der Waals surface area contributed by atoms with Gasteiger partial charge in [-0.1, -0.05) is 66.7 Å². The van der Waals surface area contributed by atoms with Crippen molar-refractivity contribution in [2.75, 3.05) is 33.7 Å². The summed E-state index contributed by atoms with van der Waals surface area (Å²) in [6.45, 7) is 3.36. The highest BCUT2D eigenvalue weighted by atomic mass is 19.2. The average molecular weight is 714 g/mol. The Morgan fingerprint density at radius 1 is 0.942 bits per heavy atom. The highest BCUT2D eigenvalue weighted by molar-refractivity contribution is 5.95. The Morgan fingerprint density at radius 2 is 1.62 bits per heavy atom. The number of benzene rings is 3. The highest BCUT2D eigenvalue weighted by Crippen LogP contribution is 2.32. The number of likely N-dealkylation sites (N-methyl/N-ethyl adjacent to an activating group) is 2. The molecule has 3 aromatic rings. The average Bonchev–Trinajstić information content (AvgIpc) is 3.55. The molecular weight excluding hydrogens is 660 g/mol. The van der Waals surface area contributed by atoms with E-state index in [1.165, 1.54) is 21.9 Å². The molecule has 3 N–H and O–H groups in total. The van der Waals surface area contributed by atoms with E-state index in [1.54, 1.807) is 20.0 Å². The second kappa shape index (κ2) is 17.9. The first kappa shape index (κ1) is 38.8. The Hall–Kier alpha value is -4.41. The minimum atomic E-state index is -1.03. The third-order valence-corrected chi connectivity index (χ3v) is 10.9. The minimum Gasteiger partial charge on any atom is -0.354 e. The molecule has 1 unspecified atom stereocenters. The normalized spacial score (nSPS) is 18.1. The Balaban J connectivity index is 1.41. The highest BCUT2D eigenvalue weighted by Gasteiger charge is 2.37. The summed E-state index contributed by atoms with van der Waals surface area (Å²) in [5, 5.41) is 3.03. The molecule has 5 rings (SSSR count). The third kappa shape index (κ3) is 9.92. The van der Waals surface area contributed by atoms with Gasteiger partial charge in [-0.2, -0.15) is 0 Å². The van der Waals surface area contributed by atoms with Crippen molar-refractivity contribution in [1.29, 1.82) is 0 Å². The van der Waals surface area contributed by atoms with E-state index in [4.69, 9.17) is 5.73 Å². The van der Waals surface area contributed by atoms with Gasteiger partial charge < -0.3 is 25.8 Å². The Kier molecular flexibility index (Phi) is 13.3. The zero-order valence-corrected chi connectivity index (χ0v) is 30.7. The predicted molar refractivity (Wildman–Crippen MR) is 201 cm³/mol. The number of amides is 3. The van der Waals surface area contributed by atoms with E-state index < -0.39 is 29.6 Å². The van der Waals surface area contributed by atoms with E-state index >= 15 is 0 Å². The predicted octanol–water partition coefficient (Wildman–Crippen LogP) is 5.89. The van der Waals surface area contributed by atoms with E-state index in [0.29, 0.717) is 24.6 Å². The first-order valence-electron chi connectivity index (χ1n) is 18.6. The van der Waals surface area contributed by atoms with Gasteiger partial charge in [-0.05, 0) is 106 Å². The molecule has 0 aromatic heterocycles. The minimum absolute atomic E-state index is 0.0272. The molecule has 2 aliphatic rings. The van der Waals surface area contributed by atoms with E-state index in [1.807, 2.05) is 54.6 Å². The van der Waals surface area contributed by atoms with Gasteiger partial charge in [0.1, 0.15) is 12.1 Å². The van der Waals surface area contributed by atoms with Crippen LogP contribution in [-0.4, -0.2) is 89.8 Å². The zero-order chi connectivity index (χ0) is 37.3. The summed E-state index contributed by atoms with van der Waals surface area (Å²) in [6, 6.07) is 19.8. The fourth-order valence-corrected chi connectivity index (χ4v) is 7.36. The van der Waals surface area contributed by atoms with Crippen LogP contribution in [0, 0.1) is 11.6 Å². The van der Waals surface area contributed by atoms with Crippen LogP contribution in [0.1, 0.15) is 63.0 Å². The molecule has 8 nitrogen and oxygen atoms in total. The summed E-state index contributed by atoms with van der Waals surface area (Å²) in [5.74, 6) is -3.15. The van der Waals surface area contributed by atoms with Gasteiger partial charge in [-0.3, -0.25) is 14.4 Å². The van der Waals surface area contributed by atoms with Gasteiger partial charge in [0.2, 0.25) is 17.7 Å². The molecule has 1 saturated heterocycles. The molecule has 0 bridgehead atoms. The van der Waals surface area contributed by atoms with Gasteiger partial charge in [-0.25, -0.2) is 8.78 Å². The van der Waals surface area contributed by atoms with Crippen LogP contribution in [0.2, 0.25) is 0 Å². The van der Waals surface area contributed by atoms with Gasteiger partial charge in [-0.15, -0.1) is 0 Å². The number of carbonyl (C=O) groups excluding carboxylic acids is 3. The van der Waals surface area contributed by atoms with Crippen molar-refractivity contribution in [3.8, 4) is 11.1 Å². The van der Waals surface area contributed by atoms with Crippen LogP contribution in [-0.2, 0) is 27.2 Å². The number of nitrogens with two attached hydrogens (primary N) is 1. The van der Waals surface area contributed by atoms with Crippen molar-refractivity contribution in [3.05, 3.63) is 108 Å². The first-order chi connectivity index (χ1) is 25.0. The maximum atomic E-state index is 14.8. The van der Waals surface area contributed by atoms with Crippen LogP contribution in [0.15, 0.2) is 84.9 Å². The molecule has 3 atom stereocenters. The Labute approximate surface area is 307 Å². The lowest BCUT2D eigenvalue weighted by Crippen LogP contribution is -2.57. The van der Waals surface area contributed by atoms with E-state index in [-0.39, 0.29) is 36.7 Å². The fraction of sp³-hybridized carbons (Fsp3) is 0.452. The Bertz CT molecular complexity index is 1700. The summed E-state index contributed by atoms with van der Waals surface area (Å²) < 4.78 is 28.3. The number of hydrogen-bond acceptors (Lipinski definition) is 5. The molecule has 3 amide bonds. The van der Waals surface area contributed by atoms with Gasteiger partial charge in [0, 0.05) is 44.6 Å². The topological polar surface area (TPSA) is 99.0 Å². The first-order valence-corrected chi connectivity index (χ1v) is 18.6. The molecule has 10 heteroatoms. The maximum absolute atomic E-state index is 14.8. The lowest BCUT2D eigenvalue weighted by molar-refractivity contribution is -0.147. The lowest BCUT2D eigenvalue weighted by Gasteiger charge is -2.37. The molecule has 1 aliphatic heterocycles. The summed E-state index contributed by atoms with van der Waals surface area (Å²) in [4.78, 5) is 47.6. The van der Waals surface area contributed by atoms with Gasteiger partial charge in [0.05, 0.1) is 0 Å². The summed E-state index contributed by atoms with van der Waals surface area (Å²) in [6.07, 6.45) is 9.82. The number of nitrogens with one attached hydrogen (secondary N) is 1. The van der Waals surface area contributed by atoms with Crippen LogP contribution in [0.4, 0.5) is 8.78 Å². The molecule has 1 heterocycles. The third-order valence-electron chi connectivity index (χ3n) is 10.9. The number of halogens is 2. The number of likely N-dealkylation sites (tertiary alicyclic amines) is 1. The van der Waals surface area contributed by atoms with Gasteiger partial charge >= 0.3 is 0 Å². The van der Waals surface area contributed by atoms with Crippen molar-refractivity contribution in [2.24, 2.45) is 5.73 Å². The van der Waals surface area contributed by atoms with E-state index in [9.17, 15) is 23.2 Å². The monoisotopic (exact) mass is 713 g/mol. The number of carbonyl (C=O) groups is 3. The molecule has 0 radical (unpaired) electrons. The summed E-state index contributed by atoms with van der Waals surface area (Å²) in [5.41, 5.74) is 9.40. The van der Waals surface area contributed by atoms with Crippen LogP contribution in [0.3, 0.4) is 0 Å². The van der Waals surface area contributed by atoms with E-state index in [2.05, 4.69) is 17.3 Å². The fourth-order valence-electron chi connectivity index (χ4n) is 7.36. The largest absolute Gasteiger partial charge is 0.354 e.